The number of hydrogen-bond acceptors (Lipinski definition) is 4. The van der Waals surface area contributed by atoms with Crippen molar-refractivity contribution < 1.29 is 19.0 Å². The van der Waals surface area contributed by atoms with E-state index in [0.29, 0.717) is 23.5 Å². The Morgan fingerprint density at radius 1 is 1.26 bits per heavy atom. The van der Waals surface area contributed by atoms with Crippen LogP contribution in [0.5, 0.6) is 11.5 Å². The fourth-order valence-electron chi connectivity index (χ4n) is 2.28. The molecule has 1 fully saturated rings. The topological polar surface area (TPSA) is 44.8 Å². The van der Waals surface area contributed by atoms with Crippen LogP contribution in [0.4, 0.5) is 0 Å². The van der Waals surface area contributed by atoms with Crippen molar-refractivity contribution in [3.8, 4) is 11.5 Å². The van der Waals surface area contributed by atoms with Gasteiger partial charge in [-0.2, -0.15) is 0 Å². The van der Waals surface area contributed by atoms with Gasteiger partial charge >= 0.3 is 0 Å². The first-order chi connectivity index (χ1) is 9.22. The highest BCUT2D eigenvalue weighted by atomic mass is 16.5. The van der Waals surface area contributed by atoms with Crippen molar-refractivity contribution in [1.82, 2.24) is 0 Å². The predicted octanol–water partition coefficient (Wildman–Crippen LogP) is 2.85. The number of hydrogen-bond donors (Lipinski definition) is 0. The summed E-state index contributed by atoms with van der Waals surface area (Å²) < 4.78 is 15.9. The molecule has 1 aromatic rings. The molecule has 104 valence electrons. The lowest BCUT2D eigenvalue weighted by Crippen LogP contribution is -2.09. The monoisotopic (exact) mass is 264 g/mol. The Balaban J connectivity index is 2.00. The summed E-state index contributed by atoms with van der Waals surface area (Å²) in [7, 11) is 3.16. The van der Waals surface area contributed by atoms with E-state index in [2.05, 4.69) is 0 Å². The van der Waals surface area contributed by atoms with Crippen molar-refractivity contribution in [2.75, 3.05) is 20.8 Å². The van der Waals surface area contributed by atoms with Crippen molar-refractivity contribution in [2.24, 2.45) is 0 Å². The van der Waals surface area contributed by atoms with E-state index in [4.69, 9.17) is 14.2 Å². The van der Waals surface area contributed by atoms with Gasteiger partial charge in [0.05, 0.1) is 20.3 Å². The SMILES string of the molecule is COc1cc(OC)cc(C(=O)CCC2CCCO2)c1. The largest absolute Gasteiger partial charge is 0.497 e. The van der Waals surface area contributed by atoms with Crippen LogP contribution < -0.4 is 9.47 Å². The van der Waals surface area contributed by atoms with Gasteiger partial charge in [-0.1, -0.05) is 0 Å². The summed E-state index contributed by atoms with van der Waals surface area (Å²) in [6, 6.07) is 5.26. The second-order valence-corrected chi connectivity index (χ2v) is 4.70. The zero-order valence-electron chi connectivity index (χ0n) is 11.5. The predicted molar refractivity (Wildman–Crippen MR) is 72.1 cm³/mol. The quantitative estimate of drug-likeness (QED) is 0.741. The van der Waals surface area contributed by atoms with Crippen molar-refractivity contribution in [3.05, 3.63) is 23.8 Å². The van der Waals surface area contributed by atoms with Gasteiger partial charge in [-0.25, -0.2) is 0 Å². The van der Waals surface area contributed by atoms with Gasteiger partial charge in [-0.05, 0) is 31.4 Å². The van der Waals surface area contributed by atoms with Crippen molar-refractivity contribution in [2.45, 2.75) is 31.8 Å². The molecule has 0 amide bonds. The molecule has 1 aromatic carbocycles. The van der Waals surface area contributed by atoms with E-state index in [1.165, 1.54) is 0 Å². The molecule has 0 spiro atoms. The number of methoxy groups -OCH3 is 2. The van der Waals surface area contributed by atoms with Crippen LogP contribution in [-0.2, 0) is 4.74 Å². The van der Waals surface area contributed by atoms with Crippen LogP contribution in [0.2, 0.25) is 0 Å². The summed E-state index contributed by atoms with van der Waals surface area (Å²) in [5, 5.41) is 0. The molecule has 0 aromatic heterocycles. The number of rotatable bonds is 6. The van der Waals surface area contributed by atoms with Gasteiger partial charge in [-0.3, -0.25) is 4.79 Å². The van der Waals surface area contributed by atoms with Gasteiger partial charge in [0, 0.05) is 24.7 Å². The fraction of sp³-hybridized carbons (Fsp3) is 0.533. The summed E-state index contributed by atoms with van der Waals surface area (Å²) in [4.78, 5) is 12.2. The molecule has 1 saturated heterocycles. The number of carbonyl (C=O) groups is 1. The van der Waals surface area contributed by atoms with Gasteiger partial charge in [0.25, 0.3) is 0 Å². The lowest BCUT2D eigenvalue weighted by Gasteiger charge is -2.10. The van der Waals surface area contributed by atoms with E-state index in [1.807, 2.05) is 0 Å². The third-order valence-electron chi connectivity index (χ3n) is 3.39. The zero-order chi connectivity index (χ0) is 13.7. The molecular formula is C15H20O4. The lowest BCUT2D eigenvalue weighted by molar-refractivity contribution is 0.0859. The van der Waals surface area contributed by atoms with Crippen LogP contribution in [0.3, 0.4) is 0 Å². The van der Waals surface area contributed by atoms with Crippen LogP contribution in [0.15, 0.2) is 18.2 Å². The third-order valence-corrected chi connectivity index (χ3v) is 3.39. The highest BCUT2D eigenvalue weighted by Gasteiger charge is 2.18. The molecule has 1 heterocycles. The molecule has 0 N–H and O–H groups in total. The molecule has 1 unspecified atom stereocenters. The molecule has 1 aliphatic heterocycles. The number of ketones is 1. The standard InChI is InChI=1S/C15H20O4/c1-17-13-8-11(9-14(10-13)18-2)15(16)6-5-12-4-3-7-19-12/h8-10,12H,3-7H2,1-2H3. The first-order valence-electron chi connectivity index (χ1n) is 6.61. The molecular weight excluding hydrogens is 244 g/mol. The van der Waals surface area contributed by atoms with Crippen LogP contribution >= 0.6 is 0 Å². The Hall–Kier alpha value is -1.55. The maximum atomic E-state index is 12.2. The third kappa shape index (κ3) is 3.70. The van der Waals surface area contributed by atoms with Crippen molar-refractivity contribution in [1.29, 1.82) is 0 Å². The minimum Gasteiger partial charge on any atom is -0.497 e. The number of benzene rings is 1. The number of carbonyl (C=O) groups excluding carboxylic acids is 1. The van der Waals surface area contributed by atoms with Gasteiger partial charge in [0.1, 0.15) is 11.5 Å². The summed E-state index contributed by atoms with van der Waals surface area (Å²) in [6.07, 6.45) is 3.70. The Kier molecular flexibility index (Phi) is 4.80. The van der Waals surface area contributed by atoms with Gasteiger partial charge in [0.2, 0.25) is 0 Å². The Bertz CT molecular complexity index is 414. The number of Topliss-reactive ketones (excluding diaryl/α,β-unsaturated/α-hetero) is 1. The van der Waals surface area contributed by atoms with Crippen molar-refractivity contribution >= 4 is 5.78 Å². The lowest BCUT2D eigenvalue weighted by atomic mass is 10.0. The van der Waals surface area contributed by atoms with E-state index in [1.54, 1.807) is 32.4 Å². The highest BCUT2D eigenvalue weighted by Crippen LogP contribution is 2.24. The first kappa shape index (κ1) is 13.9. The van der Waals surface area contributed by atoms with Gasteiger partial charge in [-0.15, -0.1) is 0 Å². The molecule has 19 heavy (non-hydrogen) atoms. The van der Waals surface area contributed by atoms with Crippen LogP contribution in [0.25, 0.3) is 0 Å². The molecule has 1 atom stereocenters. The smallest absolute Gasteiger partial charge is 0.163 e. The average Bonchev–Trinajstić information content (AvgIpc) is 2.97. The van der Waals surface area contributed by atoms with Crippen molar-refractivity contribution in [3.63, 3.8) is 0 Å². The second kappa shape index (κ2) is 6.57. The Morgan fingerprint density at radius 3 is 2.47 bits per heavy atom. The first-order valence-corrected chi connectivity index (χ1v) is 6.61. The van der Waals surface area contributed by atoms with Crippen LogP contribution in [0, 0.1) is 0 Å². The zero-order valence-corrected chi connectivity index (χ0v) is 11.5. The van der Waals surface area contributed by atoms with Crippen LogP contribution in [0.1, 0.15) is 36.0 Å². The number of ether oxygens (including phenoxy) is 3. The molecule has 0 aliphatic carbocycles. The molecule has 0 bridgehead atoms. The average molecular weight is 264 g/mol. The van der Waals surface area contributed by atoms with E-state index in [0.717, 1.165) is 25.9 Å². The van der Waals surface area contributed by atoms with Gasteiger partial charge in [0.15, 0.2) is 5.78 Å². The summed E-state index contributed by atoms with van der Waals surface area (Å²) in [6.45, 7) is 0.825. The van der Waals surface area contributed by atoms with Crippen LogP contribution in [-0.4, -0.2) is 32.7 Å². The summed E-state index contributed by atoms with van der Waals surface area (Å²) in [5.74, 6) is 1.38. The van der Waals surface area contributed by atoms with E-state index in [-0.39, 0.29) is 11.9 Å². The highest BCUT2D eigenvalue weighted by molar-refractivity contribution is 5.96. The summed E-state index contributed by atoms with van der Waals surface area (Å²) >= 11 is 0. The Morgan fingerprint density at radius 2 is 1.95 bits per heavy atom. The second-order valence-electron chi connectivity index (χ2n) is 4.70. The maximum absolute atomic E-state index is 12.2. The molecule has 1 aliphatic rings. The van der Waals surface area contributed by atoms with E-state index >= 15 is 0 Å². The molecule has 2 rings (SSSR count). The van der Waals surface area contributed by atoms with E-state index in [9.17, 15) is 4.79 Å². The van der Waals surface area contributed by atoms with Gasteiger partial charge < -0.3 is 14.2 Å². The fourth-order valence-corrected chi connectivity index (χ4v) is 2.28. The normalized spacial score (nSPS) is 18.3. The molecule has 4 nitrogen and oxygen atoms in total. The minimum atomic E-state index is 0.104. The van der Waals surface area contributed by atoms with E-state index < -0.39 is 0 Å². The summed E-state index contributed by atoms with van der Waals surface area (Å²) in [5.41, 5.74) is 0.634. The maximum Gasteiger partial charge on any atom is 0.163 e. The molecule has 4 heteroatoms. The molecule has 0 saturated carbocycles. The minimum absolute atomic E-state index is 0.104. The molecule has 0 radical (unpaired) electrons. The Labute approximate surface area is 113 Å².